The molecule has 110 valence electrons. The van der Waals surface area contributed by atoms with Gasteiger partial charge < -0.3 is 15.8 Å². The van der Waals surface area contributed by atoms with Gasteiger partial charge in [-0.2, -0.15) is 0 Å². The van der Waals surface area contributed by atoms with Gasteiger partial charge in [0.15, 0.2) is 0 Å². The van der Waals surface area contributed by atoms with Gasteiger partial charge in [-0.1, -0.05) is 33.0 Å². The lowest BCUT2D eigenvalue weighted by Gasteiger charge is -2.33. The molecule has 4 atom stereocenters. The van der Waals surface area contributed by atoms with Crippen LogP contribution in [0.25, 0.3) is 0 Å². The number of carbonyl (C=O) groups is 1. The molecule has 1 aliphatic rings. The number of carbonyl (C=O) groups excluding carboxylic acids is 1. The third-order valence-corrected chi connectivity index (χ3v) is 4.98. The van der Waals surface area contributed by atoms with E-state index in [1.165, 1.54) is 0 Å². The first kappa shape index (κ1) is 16.4. The van der Waals surface area contributed by atoms with Crippen molar-refractivity contribution in [2.45, 2.75) is 65.2 Å². The molecule has 4 nitrogen and oxygen atoms in total. The second-order valence-corrected chi connectivity index (χ2v) is 6.01. The standard InChI is InChI=1S/C14H26N2O2S/c1-6-14(7-2,13(15)19)16-12(17)11-8(3)9(4)18-10(11)5/h8-11H,6-7H2,1-5H3,(H2,15,19)(H,16,17). The average molecular weight is 286 g/mol. The Bertz CT molecular complexity index is 355. The van der Waals surface area contributed by atoms with Crippen molar-refractivity contribution >= 4 is 23.1 Å². The van der Waals surface area contributed by atoms with Gasteiger partial charge in [0.25, 0.3) is 0 Å². The Morgan fingerprint density at radius 1 is 1.26 bits per heavy atom. The normalized spacial score (nSPS) is 31.2. The number of nitrogens with two attached hydrogens (primary N) is 1. The van der Waals surface area contributed by atoms with E-state index in [4.69, 9.17) is 22.7 Å². The second kappa shape index (κ2) is 6.18. The fourth-order valence-electron chi connectivity index (χ4n) is 2.87. The third kappa shape index (κ3) is 3.08. The van der Waals surface area contributed by atoms with Crippen LogP contribution in [0.2, 0.25) is 0 Å². The highest BCUT2D eigenvalue weighted by Crippen LogP contribution is 2.33. The van der Waals surface area contributed by atoms with Crippen LogP contribution in [0.3, 0.4) is 0 Å². The summed E-state index contributed by atoms with van der Waals surface area (Å²) < 4.78 is 5.72. The smallest absolute Gasteiger partial charge is 0.226 e. The lowest BCUT2D eigenvalue weighted by molar-refractivity contribution is -0.128. The molecule has 3 N–H and O–H groups in total. The van der Waals surface area contributed by atoms with Crippen molar-refractivity contribution < 1.29 is 9.53 Å². The topological polar surface area (TPSA) is 64.3 Å². The van der Waals surface area contributed by atoms with E-state index >= 15 is 0 Å². The van der Waals surface area contributed by atoms with E-state index in [-0.39, 0.29) is 30.0 Å². The lowest BCUT2D eigenvalue weighted by atomic mass is 9.86. The summed E-state index contributed by atoms with van der Waals surface area (Å²) >= 11 is 5.13. The molecule has 5 heteroatoms. The minimum absolute atomic E-state index is 0.000787. The summed E-state index contributed by atoms with van der Waals surface area (Å²) in [6.45, 7) is 9.99. The Balaban J connectivity index is 2.86. The molecule has 1 heterocycles. The number of thiocarbonyl (C=S) groups is 1. The molecule has 1 saturated heterocycles. The highest BCUT2D eigenvalue weighted by molar-refractivity contribution is 7.80. The minimum Gasteiger partial charge on any atom is -0.391 e. The summed E-state index contributed by atoms with van der Waals surface area (Å²) in [5.41, 5.74) is 5.25. The quantitative estimate of drug-likeness (QED) is 0.759. The largest absolute Gasteiger partial charge is 0.391 e. The van der Waals surface area contributed by atoms with Gasteiger partial charge in [0.1, 0.15) is 0 Å². The van der Waals surface area contributed by atoms with Gasteiger partial charge in [-0.25, -0.2) is 0 Å². The number of hydrogen-bond acceptors (Lipinski definition) is 3. The molecule has 0 radical (unpaired) electrons. The lowest BCUT2D eigenvalue weighted by Crippen LogP contribution is -2.58. The van der Waals surface area contributed by atoms with Gasteiger partial charge in [0, 0.05) is 0 Å². The van der Waals surface area contributed by atoms with E-state index in [0.717, 1.165) is 0 Å². The number of hydrogen-bond donors (Lipinski definition) is 2. The fourth-order valence-corrected chi connectivity index (χ4v) is 3.21. The second-order valence-electron chi connectivity index (χ2n) is 5.57. The first-order chi connectivity index (χ1) is 8.79. The predicted octanol–water partition coefficient (Wildman–Crippen LogP) is 2.01. The number of ether oxygens (including phenoxy) is 1. The summed E-state index contributed by atoms with van der Waals surface area (Å²) in [6, 6.07) is 0. The zero-order valence-corrected chi connectivity index (χ0v) is 13.3. The Kier molecular flexibility index (Phi) is 5.33. The molecule has 0 spiro atoms. The fraction of sp³-hybridized carbons (Fsp3) is 0.857. The molecule has 0 aromatic rings. The molecule has 1 aliphatic heterocycles. The van der Waals surface area contributed by atoms with Crippen molar-refractivity contribution in [2.24, 2.45) is 17.6 Å². The zero-order valence-electron chi connectivity index (χ0n) is 12.5. The van der Waals surface area contributed by atoms with E-state index in [9.17, 15) is 4.79 Å². The average Bonchev–Trinajstić information content (AvgIpc) is 2.60. The molecule has 1 fully saturated rings. The summed E-state index contributed by atoms with van der Waals surface area (Å²) in [6.07, 6.45) is 1.45. The first-order valence-corrected chi connectivity index (χ1v) is 7.47. The predicted molar refractivity (Wildman–Crippen MR) is 80.9 cm³/mol. The zero-order chi connectivity index (χ0) is 14.8. The van der Waals surface area contributed by atoms with Crippen molar-refractivity contribution in [2.75, 3.05) is 0 Å². The summed E-state index contributed by atoms with van der Waals surface area (Å²) in [5.74, 6) is 0.0652. The Morgan fingerprint density at radius 3 is 2.11 bits per heavy atom. The van der Waals surface area contributed by atoms with Crippen LogP contribution in [0.15, 0.2) is 0 Å². The van der Waals surface area contributed by atoms with Crippen molar-refractivity contribution in [1.29, 1.82) is 0 Å². The number of nitrogens with one attached hydrogen (secondary N) is 1. The molecule has 4 unspecified atom stereocenters. The third-order valence-electron chi connectivity index (χ3n) is 4.59. The Morgan fingerprint density at radius 2 is 1.79 bits per heavy atom. The van der Waals surface area contributed by atoms with Crippen LogP contribution < -0.4 is 11.1 Å². The molecule has 0 aromatic heterocycles. The van der Waals surface area contributed by atoms with Crippen LogP contribution in [-0.2, 0) is 9.53 Å². The summed E-state index contributed by atoms with van der Waals surface area (Å²) in [5, 5.41) is 3.07. The number of amides is 1. The van der Waals surface area contributed by atoms with Gasteiger partial charge in [0.2, 0.25) is 5.91 Å². The molecule has 0 bridgehead atoms. The molecule has 0 aromatic carbocycles. The molecule has 0 saturated carbocycles. The van der Waals surface area contributed by atoms with Gasteiger partial charge in [-0.15, -0.1) is 0 Å². The van der Waals surface area contributed by atoms with Crippen LogP contribution in [0.4, 0.5) is 0 Å². The highest BCUT2D eigenvalue weighted by Gasteiger charge is 2.44. The van der Waals surface area contributed by atoms with Crippen LogP contribution in [-0.4, -0.2) is 28.6 Å². The van der Waals surface area contributed by atoms with E-state index in [1.54, 1.807) is 0 Å². The van der Waals surface area contributed by atoms with E-state index in [1.807, 2.05) is 27.7 Å². The van der Waals surface area contributed by atoms with Gasteiger partial charge in [-0.3, -0.25) is 4.79 Å². The molecular formula is C14H26N2O2S. The highest BCUT2D eigenvalue weighted by atomic mass is 32.1. The van der Waals surface area contributed by atoms with Crippen LogP contribution in [0, 0.1) is 11.8 Å². The van der Waals surface area contributed by atoms with E-state index in [0.29, 0.717) is 17.8 Å². The SMILES string of the molecule is CCC(CC)(NC(=O)C1C(C)OC(C)C1C)C(N)=S. The van der Waals surface area contributed by atoms with Crippen molar-refractivity contribution in [3.05, 3.63) is 0 Å². The van der Waals surface area contributed by atoms with Crippen molar-refractivity contribution in [1.82, 2.24) is 5.32 Å². The Labute approximate surface area is 121 Å². The van der Waals surface area contributed by atoms with Crippen LogP contribution >= 0.6 is 12.2 Å². The van der Waals surface area contributed by atoms with E-state index in [2.05, 4.69) is 12.2 Å². The summed E-state index contributed by atoms with van der Waals surface area (Å²) in [7, 11) is 0. The maximum atomic E-state index is 12.5. The molecule has 19 heavy (non-hydrogen) atoms. The monoisotopic (exact) mass is 286 g/mol. The van der Waals surface area contributed by atoms with Gasteiger partial charge in [-0.05, 0) is 32.6 Å². The molecule has 1 amide bonds. The summed E-state index contributed by atoms with van der Waals surface area (Å²) in [4.78, 5) is 12.9. The van der Waals surface area contributed by atoms with Crippen molar-refractivity contribution in [3.63, 3.8) is 0 Å². The molecular weight excluding hydrogens is 260 g/mol. The maximum Gasteiger partial charge on any atom is 0.226 e. The van der Waals surface area contributed by atoms with Gasteiger partial charge >= 0.3 is 0 Å². The van der Waals surface area contributed by atoms with Crippen LogP contribution in [0.5, 0.6) is 0 Å². The van der Waals surface area contributed by atoms with Crippen molar-refractivity contribution in [3.8, 4) is 0 Å². The number of rotatable bonds is 5. The maximum absolute atomic E-state index is 12.5. The molecule has 1 rings (SSSR count). The van der Waals surface area contributed by atoms with Crippen LogP contribution in [0.1, 0.15) is 47.5 Å². The first-order valence-electron chi connectivity index (χ1n) is 7.06. The van der Waals surface area contributed by atoms with Gasteiger partial charge in [0.05, 0.1) is 28.7 Å². The Hall–Kier alpha value is -0.680. The minimum atomic E-state index is -0.572. The van der Waals surface area contributed by atoms with E-state index < -0.39 is 5.54 Å². The molecule has 0 aliphatic carbocycles.